The normalized spacial score (nSPS) is 15.9. The molecule has 0 bridgehead atoms. The molecule has 12 heavy (non-hydrogen) atoms. The van der Waals surface area contributed by atoms with E-state index in [9.17, 15) is 0 Å². The van der Waals surface area contributed by atoms with Gasteiger partial charge in [-0.15, -0.1) is 0 Å². The maximum Gasteiger partial charge on any atom is 0.123 e. The Labute approximate surface area is 74.5 Å². The first-order chi connectivity index (χ1) is 5.24. The molecule has 0 aromatic carbocycles. The molecule has 0 atom stereocenters. The van der Waals surface area contributed by atoms with Crippen LogP contribution in [-0.4, -0.2) is 11.4 Å². The molecule has 0 aliphatic rings. The van der Waals surface area contributed by atoms with Gasteiger partial charge in [0.1, 0.15) is 5.84 Å². The predicted octanol–water partition coefficient (Wildman–Crippen LogP) is 1.39. The highest BCUT2D eigenvalue weighted by Crippen LogP contribution is 2.08. The van der Waals surface area contributed by atoms with Crippen LogP contribution in [-0.2, 0) is 0 Å². The Bertz CT molecular complexity index is 214. The number of allylic oxidation sites excluding steroid dienone is 1. The summed E-state index contributed by atoms with van der Waals surface area (Å²) in [5, 5.41) is 0. The van der Waals surface area contributed by atoms with Crippen molar-refractivity contribution in [1.29, 1.82) is 0 Å². The topological polar surface area (TPSA) is 64.4 Å². The Hall–Kier alpha value is -0.990. The fraction of sp³-hybridized carbons (Fsp3) is 0.667. The van der Waals surface area contributed by atoms with Gasteiger partial charge in [-0.2, -0.15) is 0 Å². The van der Waals surface area contributed by atoms with Crippen molar-refractivity contribution < 1.29 is 0 Å². The number of amidine groups is 1. The summed E-state index contributed by atoms with van der Waals surface area (Å²) in [7, 11) is 0. The van der Waals surface area contributed by atoms with Crippen molar-refractivity contribution in [3.63, 3.8) is 0 Å². The fourth-order valence-corrected chi connectivity index (χ4v) is 0.647. The van der Waals surface area contributed by atoms with Crippen molar-refractivity contribution in [2.24, 2.45) is 16.5 Å². The smallest absolute Gasteiger partial charge is 0.123 e. The van der Waals surface area contributed by atoms with Crippen LogP contribution < -0.4 is 11.5 Å². The van der Waals surface area contributed by atoms with Gasteiger partial charge in [0.05, 0.1) is 5.54 Å². The monoisotopic (exact) mass is 169 g/mol. The minimum absolute atomic E-state index is 0.138. The van der Waals surface area contributed by atoms with Crippen LogP contribution in [0.1, 0.15) is 34.6 Å². The summed E-state index contributed by atoms with van der Waals surface area (Å²) in [6.45, 7) is 9.69. The van der Waals surface area contributed by atoms with E-state index in [-0.39, 0.29) is 5.54 Å². The molecule has 0 aliphatic heterocycles. The largest absolute Gasteiger partial charge is 0.402 e. The Morgan fingerprint density at radius 2 is 1.50 bits per heavy atom. The molecule has 0 saturated heterocycles. The average molecular weight is 169 g/mol. The first kappa shape index (κ1) is 11.0. The van der Waals surface area contributed by atoms with Gasteiger partial charge in [-0.1, -0.05) is 0 Å². The number of hydrogen-bond acceptors (Lipinski definition) is 2. The van der Waals surface area contributed by atoms with Crippen LogP contribution in [0, 0.1) is 0 Å². The Morgan fingerprint density at radius 3 is 1.75 bits per heavy atom. The number of nitrogens with two attached hydrogens (primary N) is 2. The Morgan fingerprint density at radius 1 is 1.08 bits per heavy atom. The number of rotatable bonds is 1. The molecule has 0 unspecified atom stereocenters. The molecule has 0 rings (SSSR count). The van der Waals surface area contributed by atoms with E-state index in [1.54, 1.807) is 0 Å². The quantitative estimate of drug-likeness (QED) is 0.460. The lowest BCUT2D eigenvalue weighted by atomic mass is 10.1. The van der Waals surface area contributed by atoms with E-state index in [0.29, 0.717) is 5.84 Å². The Kier molecular flexibility index (Phi) is 3.31. The third-order valence-corrected chi connectivity index (χ3v) is 1.43. The van der Waals surface area contributed by atoms with Gasteiger partial charge in [0.2, 0.25) is 0 Å². The zero-order chi connectivity index (χ0) is 9.94. The molecule has 0 aromatic heterocycles. The van der Waals surface area contributed by atoms with Crippen LogP contribution in [0.3, 0.4) is 0 Å². The van der Waals surface area contributed by atoms with E-state index < -0.39 is 0 Å². The molecule has 0 aromatic rings. The molecule has 0 radical (unpaired) electrons. The van der Waals surface area contributed by atoms with Crippen molar-refractivity contribution >= 4 is 5.84 Å². The average Bonchev–Trinajstić information content (AvgIpc) is 1.82. The van der Waals surface area contributed by atoms with E-state index in [1.165, 1.54) is 0 Å². The highest BCUT2D eigenvalue weighted by Gasteiger charge is 2.09. The lowest BCUT2D eigenvalue weighted by molar-refractivity contribution is 0.583. The van der Waals surface area contributed by atoms with E-state index in [4.69, 9.17) is 11.5 Å². The molecule has 0 aliphatic carbocycles. The lowest BCUT2D eigenvalue weighted by Crippen LogP contribution is -2.22. The zero-order valence-corrected chi connectivity index (χ0v) is 8.60. The maximum absolute atomic E-state index is 5.72. The minimum Gasteiger partial charge on any atom is -0.402 e. The van der Waals surface area contributed by atoms with Crippen molar-refractivity contribution in [1.82, 2.24) is 0 Å². The van der Waals surface area contributed by atoms with Crippen molar-refractivity contribution in [2.45, 2.75) is 40.2 Å². The number of aliphatic imine (C=N–C) groups is 1. The summed E-state index contributed by atoms with van der Waals surface area (Å²) in [4.78, 5) is 4.29. The standard InChI is InChI=1S/C9H19N3/c1-6(7(2)10)8(11)12-9(3,4)5/h10H2,1-5H3,(H2,11,12). The summed E-state index contributed by atoms with van der Waals surface area (Å²) in [5.74, 6) is 0.530. The first-order valence-corrected chi connectivity index (χ1v) is 4.02. The van der Waals surface area contributed by atoms with Crippen LogP contribution in [0.15, 0.2) is 16.3 Å². The van der Waals surface area contributed by atoms with Crippen LogP contribution in [0.25, 0.3) is 0 Å². The van der Waals surface area contributed by atoms with Gasteiger partial charge < -0.3 is 11.5 Å². The van der Waals surface area contributed by atoms with Gasteiger partial charge in [0.25, 0.3) is 0 Å². The first-order valence-electron chi connectivity index (χ1n) is 4.02. The summed E-state index contributed by atoms with van der Waals surface area (Å²) in [6, 6.07) is 0. The fourth-order valence-electron chi connectivity index (χ4n) is 0.647. The highest BCUT2D eigenvalue weighted by atomic mass is 14.9. The molecule has 70 valence electrons. The molecule has 3 nitrogen and oxygen atoms in total. The molecule has 0 spiro atoms. The van der Waals surface area contributed by atoms with Crippen molar-refractivity contribution in [2.75, 3.05) is 0 Å². The molecule has 0 fully saturated rings. The molecule has 0 saturated carbocycles. The van der Waals surface area contributed by atoms with Crippen molar-refractivity contribution in [3.05, 3.63) is 11.3 Å². The van der Waals surface area contributed by atoms with Gasteiger partial charge in [0, 0.05) is 11.3 Å². The molecular formula is C9H19N3. The van der Waals surface area contributed by atoms with E-state index >= 15 is 0 Å². The maximum atomic E-state index is 5.72. The zero-order valence-electron chi connectivity index (χ0n) is 8.60. The molecule has 4 N–H and O–H groups in total. The third-order valence-electron chi connectivity index (χ3n) is 1.43. The second-order valence-corrected chi connectivity index (χ2v) is 3.98. The van der Waals surface area contributed by atoms with E-state index in [1.807, 2.05) is 34.6 Å². The molecular weight excluding hydrogens is 150 g/mol. The SMILES string of the molecule is CC(N)=C(C)C(N)=NC(C)(C)C. The summed E-state index contributed by atoms with van der Waals surface area (Å²) in [5.41, 5.74) is 12.7. The second kappa shape index (κ2) is 3.61. The van der Waals surface area contributed by atoms with Crippen molar-refractivity contribution in [3.8, 4) is 0 Å². The number of hydrogen-bond donors (Lipinski definition) is 2. The predicted molar refractivity (Wildman–Crippen MR) is 53.9 cm³/mol. The highest BCUT2D eigenvalue weighted by molar-refractivity contribution is 5.97. The van der Waals surface area contributed by atoms with Gasteiger partial charge in [-0.3, -0.25) is 4.99 Å². The number of nitrogens with zero attached hydrogens (tertiary/aromatic N) is 1. The van der Waals surface area contributed by atoms with Crippen LogP contribution in [0.5, 0.6) is 0 Å². The van der Waals surface area contributed by atoms with Crippen LogP contribution >= 0.6 is 0 Å². The van der Waals surface area contributed by atoms with E-state index in [2.05, 4.69) is 4.99 Å². The van der Waals surface area contributed by atoms with Gasteiger partial charge >= 0.3 is 0 Å². The second-order valence-electron chi connectivity index (χ2n) is 3.98. The van der Waals surface area contributed by atoms with E-state index in [0.717, 1.165) is 11.3 Å². The van der Waals surface area contributed by atoms with Crippen LogP contribution in [0.4, 0.5) is 0 Å². The third kappa shape index (κ3) is 4.01. The van der Waals surface area contributed by atoms with Gasteiger partial charge in [-0.05, 0) is 34.6 Å². The lowest BCUT2D eigenvalue weighted by Gasteiger charge is -2.14. The van der Waals surface area contributed by atoms with Crippen LogP contribution in [0.2, 0.25) is 0 Å². The molecule has 0 heterocycles. The van der Waals surface area contributed by atoms with Gasteiger partial charge in [0.15, 0.2) is 0 Å². The summed E-state index contributed by atoms with van der Waals surface area (Å²) >= 11 is 0. The Balaban J connectivity index is 4.73. The molecule has 0 amide bonds. The minimum atomic E-state index is -0.138. The summed E-state index contributed by atoms with van der Waals surface area (Å²) < 4.78 is 0. The summed E-state index contributed by atoms with van der Waals surface area (Å²) in [6.07, 6.45) is 0. The molecule has 3 heteroatoms. The van der Waals surface area contributed by atoms with Gasteiger partial charge in [-0.25, -0.2) is 0 Å².